The molecule has 0 spiro atoms. The highest BCUT2D eigenvalue weighted by Gasteiger charge is 2.25. The van der Waals surface area contributed by atoms with Gasteiger partial charge in [-0.25, -0.2) is 0 Å². The molecule has 0 aliphatic carbocycles. The first-order chi connectivity index (χ1) is 10.6. The summed E-state index contributed by atoms with van der Waals surface area (Å²) < 4.78 is 0. The monoisotopic (exact) mass is 323 g/mol. The number of hydrogen-bond acceptors (Lipinski definition) is 5. The molecule has 22 heavy (non-hydrogen) atoms. The molecule has 0 aromatic carbocycles. The van der Waals surface area contributed by atoms with E-state index in [1.54, 1.807) is 11.3 Å². The summed E-state index contributed by atoms with van der Waals surface area (Å²) in [6, 6.07) is 2.15. The zero-order valence-corrected chi connectivity index (χ0v) is 14.0. The van der Waals surface area contributed by atoms with Crippen LogP contribution in [-0.4, -0.2) is 77.6 Å². The molecule has 6 heteroatoms. The molecule has 1 aromatic rings. The largest absolute Gasteiger partial charge is 0.392 e. The predicted octanol–water partition coefficient (Wildman–Crippen LogP) is 0.631. The summed E-state index contributed by atoms with van der Waals surface area (Å²) in [7, 11) is 0. The molecule has 0 unspecified atom stereocenters. The Hall–Kier alpha value is -0.950. The molecule has 2 aliphatic rings. The molecule has 1 aromatic heterocycles. The van der Waals surface area contributed by atoms with Gasteiger partial charge in [0, 0.05) is 50.7 Å². The second-order valence-corrected chi connectivity index (χ2v) is 7.36. The Bertz CT molecular complexity index is 509. The molecule has 0 saturated carbocycles. The molecule has 1 saturated heterocycles. The molecule has 0 bridgehead atoms. The van der Waals surface area contributed by atoms with Crippen LogP contribution in [0.15, 0.2) is 11.4 Å². The summed E-state index contributed by atoms with van der Waals surface area (Å²) in [5.74, 6) is 0.251. The number of fused-ring (bicyclic) bond motifs is 1. The molecular formula is C16H25N3O2S. The lowest BCUT2D eigenvalue weighted by Gasteiger charge is -2.36. The molecule has 122 valence electrons. The minimum atomic E-state index is -0.277. The zero-order chi connectivity index (χ0) is 15.5. The highest BCUT2D eigenvalue weighted by Crippen LogP contribution is 2.24. The average Bonchev–Trinajstić information content (AvgIpc) is 2.96. The quantitative estimate of drug-likeness (QED) is 0.883. The van der Waals surface area contributed by atoms with Gasteiger partial charge in [-0.2, -0.15) is 0 Å². The molecule has 5 nitrogen and oxygen atoms in total. The Morgan fingerprint density at radius 2 is 2.00 bits per heavy atom. The maximum absolute atomic E-state index is 12.5. The Balaban J connectivity index is 1.45. The van der Waals surface area contributed by atoms with Crippen LogP contribution < -0.4 is 0 Å². The molecule has 1 N–H and O–H groups in total. The van der Waals surface area contributed by atoms with Gasteiger partial charge in [0.05, 0.1) is 12.6 Å². The first kappa shape index (κ1) is 15.9. The van der Waals surface area contributed by atoms with E-state index < -0.39 is 0 Å². The summed E-state index contributed by atoms with van der Waals surface area (Å²) in [5.41, 5.74) is 1.33. The van der Waals surface area contributed by atoms with Crippen LogP contribution in [0, 0.1) is 0 Å². The highest BCUT2D eigenvalue weighted by atomic mass is 32.1. The van der Waals surface area contributed by atoms with Gasteiger partial charge in [-0.05, 0) is 30.4 Å². The van der Waals surface area contributed by atoms with E-state index in [-0.39, 0.29) is 12.0 Å². The third-order valence-electron chi connectivity index (χ3n) is 4.51. The van der Waals surface area contributed by atoms with E-state index in [9.17, 15) is 9.90 Å². The summed E-state index contributed by atoms with van der Waals surface area (Å²) in [5, 5.41) is 11.6. The van der Waals surface area contributed by atoms with E-state index in [1.807, 2.05) is 11.8 Å². The minimum absolute atomic E-state index is 0.251. The van der Waals surface area contributed by atoms with Crippen LogP contribution in [0.1, 0.15) is 17.4 Å². The van der Waals surface area contributed by atoms with Gasteiger partial charge in [0.1, 0.15) is 0 Å². The van der Waals surface area contributed by atoms with Gasteiger partial charge in [-0.3, -0.25) is 14.6 Å². The SMILES string of the molecule is C[C@@H](O)CN1CCN(CC(=O)N2CCc3sccc3C2)CC1. The second-order valence-electron chi connectivity index (χ2n) is 6.36. The molecule has 1 fully saturated rings. The number of nitrogens with zero attached hydrogens (tertiary/aromatic N) is 3. The van der Waals surface area contributed by atoms with E-state index in [0.717, 1.165) is 52.2 Å². The third kappa shape index (κ3) is 3.87. The Morgan fingerprint density at radius 1 is 1.27 bits per heavy atom. The van der Waals surface area contributed by atoms with Crippen LogP contribution in [0.5, 0.6) is 0 Å². The first-order valence-electron chi connectivity index (χ1n) is 8.07. The number of aliphatic hydroxyl groups is 1. The fraction of sp³-hybridized carbons (Fsp3) is 0.688. The first-order valence-corrected chi connectivity index (χ1v) is 8.95. The van der Waals surface area contributed by atoms with Crippen molar-refractivity contribution in [3.8, 4) is 0 Å². The van der Waals surface area contributed by atoms with Gasteiger partial charge < -0.3 is 10.0 Å². The highest BCUT2D eigenvalue weighted by molar-refractivity contribution is 7.10. The fourth-order valence-electron chi connectivity index (χ4n) is 3.26. The predicted molar refractivity (Wildman–Crippen MR) is 88.0 cm³/mol. The van der Waals surface area contributed by atoms with E-state index in [4.69, 9.17) is 0 Å². The maximum atomic E-state index is 12.5. The summed E-state index contributed by atoms with van der Waals surface area (Å²) >= 11 is 1.81. The van der Waals surface area contributed by atoms with Crippen LogP contribution in [0.3, 0.4) is 0 Å². The number of rotatable bonds is 4. The lowest BCUT2D eigenvalue weighted by molar-refractivity contribution is -0.133. The van der Waals surface area contributed by atoms with Gasteiger partial charge in [-0.15, -0.1) is 11.3 Å². The number of β-amino-alcohol motifs (C(OH)–C–C–N with tert-alkyl or cyclic N) is 1. The van der Waals surface area contributed by atoms with Crippen molar-refractivity contribution in [2.45, 2.75) is 26.0 Å². The zero-order valence-electron chi connectivity index (χ0n) is 13.2. The molecule has 1 atom stereocenters. The van der Waals surface area contributed by atoms with Crippen molar-refractivity contribution in [3.63, 3.8) is 0 Å². The lowest BCUT2D eigenvalue weighted by Crippen LogP contribution is -2.51. The Morgan fingerprint density at radius 3 is 2.73 bits per heavy atom. The number of carbonyl (C=O) groups is 1. The standard InChI is InChI=1S/C16H25N3O2S/c1-13(20)10-17-5-7-18(8-6-17)12-16(21)19-4-2-15-14(11-19)3-9-22-15/h3,9,13,20H,2,4-8,10-12H2,1H3/t13-/m1/s1. The van der Waals surface area contributed by atoms with Gasteiger partial charge >= 0.3 is 0 Å². The third-order valence-corrected chi connectivity index (χ3v) is 5.53. The number of carbonyl (C=O) groups excluding carboxylic acids is 1. The molecule has 3 heterocycles. The van der Waals surface area contributed by atoms with Gasteiger partial charge in [0.25, 0.3) is 0 Å². The molecule has 3 rings (SSSR count). The van der Waals surface area contributed by atoms with Crippen molar-refractivity contribution in [2.24, 2.45) is 0 Å². The van der Waals surface area contributed by atoms with E-state index in [2.05, 4.69) is 21.2 Å². The number of hydrogen-bond donors (Lipinski definition) is 1. The number of thiophene rings is 1. The second kappa shape index (κ2) is 7.08. The fourth-order valence-corrected chi connectivity index (χ4v) is 4.15. The van der Waals surface area contributed by atoms with Crippen LogP contribution >= 0.6 is 11.3 Å². The van der Waals surface area contributed by atoms with Crippen molar-refractivity contribution < 1.29 is 9.90 Å². The lowest BCUT2D eigenvalue weighted by atomic mass is 10.1. The van der Waals surface area contributed by atoms with Crippen LogP contribution in [-0.2, 0) is 17.8 Å². The van der Waals surface area contributed by atoms with Crippen molar-refractivity contribution in [1.82, 2.24) is 14.7 Å². The van der Waals surface area contributed by atoms with E-state index >= 15 is 0 Å². The molecule has 0 radical (unpaired) electrons. The van der Waals surface area contributed by atoms with Crippen LogP contribution in [0.2, 0.25) is 0 Å². The van der Waals surface area contributed by atoms with Crippen molar-refractivity contribution in [3.05, 3.63) is 21.9 Å². The minimum Gasteiger partial charge on any atom is -0.392 e. The van der Waals surface area contributed by atoms with Gasteiger partial charge in [0.2, 0.25) is 5.91 Å². The molecule has 2 aliphatic heterocycles. The van der Waals surface area contributed by atoms with Crippen molar-refractivity contribution in [1.29, 1.82) is 0 Å². The summed E-state index contributed by atoms with van der Waals surface area (Å²) in [4.78, 5) is 20.4. The Kier molecular flexibility index (Phi) is 5.13. The summed E-state index contributed by atoms with van der Waals surface area (Å²) in [6.07, 6.45) is 0.724. The van der Waals surface area contributed by atoms with Gasteiger partial charge in [-0.1, -0.05) is 0 Å². The average molecular weight is 323 g/mol. The molecular weight excluding hydrogens is 298 g/mol. The Labute approximate surface area is 136 Å². The summed E-state index contributed by atoms with van der Waals surface area (Å²) in [6.45, 7) is 8.42. The normalized spacial score (nSPS) is 21.6. The van der Waals surface area contributed by atoms with Crippen LogP contribution in [0.4, 0.5) is 0 Å². The topological polar surface area (TPSA) is 47.0 Å². The van der Waals surface area contributed by atoms with Crippen molar-refractivity contribution >= 4 is 17.2 Å². The number of amides is 1. The van der Waals surface area contributed by atoms with Crippen molar-refractivity contribution in [2.75, 3.05) is 45.8 Å². The van der Waals surface area contributed by atoms with E-state index in [0.29, 0.717) is 6.54 Å². The number of aliphatic hydroxyl groups excluding tert-OH is 1. The molecule has 1 amide bonds. The number of piperazine rings is 1. The van der Waals surface area contributed by atoms with E-state index in [1.165, 1.54) is 10.4 Å². The van der Waals surface area contributed by atoms with Gasteiger partial charge in [0.15, 0.2) is 0 Å². The maximum Gasteiger partial charge on any atom is 0.237 e. The van der Waals surface area contributed by atoms with Crippen LogP contribution in [0.25, 0.3) is 0 Å². The smallest absolute Gasteiger partial charge is 0.237 e.